The lowest BCUT2D eigenvalue weighted by atomic mass is 10.1. The molecule has 0 aromatic rings. The molecule has 0 spiro atoms. The van der Waals surface area contributed by atoms with Crippen molar-refractivity contribution in [2.24, 2.45) is 5.92 Å². The fourth-order valence-corrected chi connectivity index (χ4v) is 0.306. The quantitative estimate of drug-likeness (QED) is 0.535. The van der Waals surface area contributed by atoms with Crippen LogP contribution in [0.5, 0.6) is 0 Å². The highest BCUT2D eigenvalue weighted by Gasteiger charge is 2.13. The molecule has 0 amide bonds. The average molecular weight is 123 g/mol. The summed E-state index contributed by atoms with van der Waals surface area (Å²) in [5, 5.41) is 16.3. The minimum absolute atomic E-state index is 0.0220. The number of carboxylic acids is 1. The number of nitriles is 1. The van der Waals surface area contributed by atoms with Gasteiger partial charge in [0.25, 0.3) is 0 Å². The molecule has 0 aliphatic carbocycles. The van der Waals surface area contributed by atoms with Crippen LogP contribution in [0.2, 0.25) is 0 Å². The van der Waals surface area contributed by atoms with E-state index in [2.05, 4.69) is 5.92 Å². The first kappa shape index (κ1) is 7.52. The summed E-state index contributed by atoms with van der Waals surface area (Å²) in [5.41, 5.74) is 0. The molecule has 0 radical (unpaired) electrons. The number of hydrogen-bond acceptors (Lipinski definition) is 2. The zero-order valence-corrected chi connectivity index (χ0v) is 4.66. The van der Waals surface area contributed by atoms with Gasteiger partial charge in [0.15, 0.2) is 5.92 Å². The second-order valence-electron chi connectivity index (χ2n) is 1.43. The van der Waals surface area contributed by atoms with Crippen molar-refractivity contribution in [2.45, 2.75) is 6.42 Å². The molecule has 1 atom stereocenters. The molecule has 0 aliphatic rings. The number of carbonyl (C=O) groups is 1. The Morgan fingerprint density at radius 1 is 1.89 bits per heavy atom. The third-order valence-electron chi connectivity index (χ3n) is 0.776. The molecule has 0 bridgehead atoms. The van der Waals surface area contributed by atoms with Crippen LogP contribution in [0.1, 0.15) is 6.42 Å². The van der Waals surface area contributed by atoms with Crippen LogP contribution in [-0.2, 0) is 4.79 Å². The van der Waals surface area contributed by atoms with Crippen molar-refractivity contribution in [3.8, 4) is 18.4 Å². The molecule has 0 saturated heterocycles. The normalized spacial score (nSPS) is 10.9. The van der Waals surface area contributed by atoms with Crippen molar-refractivity contribution < 1.29 is 9.90 Å². The molecule has 1 N–H and O–H groups in total. The predicted octanol–water partition coefficient (Wildman–Crippen LogP) is 0.234. The van der Waals surface area contributed by atoms with Gasteiger partial charge >= 0.3 is 5.97 Å². The molecule has 0 fully saturated rings. The van der Waals surface area contributed by atoms with E-state index in [0.29, 0.717) is 0 Å². The van der Waals surface area contributed by atoms with E-state index in [1.165, 1.54) is 0 Å². The van der Waals surface area contributed by atoms with Gasteiger partial charge in [0, 0.05) is 6.42 Å². The Morgan fingerprint density at radius 3 is 2.56 bits per heavy atom. The molecule has 3 heteroatoms. The maximum Gasteiger partial charge on any atom is 0.321 e. The first-order chi connectivity index (χ1) is 4.22. The predicted molar refractivity (Wildman–Crippen MR) is 30.2 cm³/mol. The van der Waals surface area contributed by atoms with E-state index in [-0.39, 0.29) is 6.42 Å². The Morgan fingerprint density at radius 2 is 2.44 bits per heavy atom. The number of carboxylic acid groups (broad SMARTS) is 1. The van der Waals surface area contributed by atoms with Crippen LogP contribution < -0.4 is 0 Å². The molecule has 0 rings (SSSR count). The summed E-state index contributed by atoms with van der Waals surface area (Å²) in [7, 11) is 0. The minimum Gasteiger partial charge on any atom is -0.480 e. The second-order valence-corrected chi connectivity index (χ2v) is 1.43. The highest BCUT2D eigenvalue weighted by Crippen LogP contribution is 1.98. The van der Waals surface area contributed by atoms with Crippen molar-refractivity contribution in [1.29, 1.82) is 5.26 Å². The molecule has 1 unspecified atom stereocenters. The number of rotatable bonds is 2. The number of aliphatic carboxylic acids is 1. The average Bonchev–Trinajstić information content (AvgIpc) is 1.82. The van der Waals surface area contributed by atoms with E-state index in [1.807, 2.05) is 0 Å². The van der Waals surface area contributed by atoms with Gasteiger partial charge in [-0.3, -0.25) is 4.79 Å². The van der Waals surface area contributed by atoms with Gasteiger partial charge in [0.05, 0.1) is 6.07 Å². The largest absolute Gasteiger partial charge is 0.480 e. The highest BCUT2D eigenvalue weighted by atomic mass is 16.4. The molecule has 0 aromatic heterocycles. The van der Waals surface area contributed by atoms with E-state index in [9.17, 15) is 4.79 Å². The lowest BCUT2D eigenvalue weighted by molar-refractivity contribution is -0.139. The van der Waals surface area contributed by atoms with E-state index < -0.39 is 11.9 Å². The Bertz CT molecular complexity index is 184. The van der Waals surface area contributed by atoms with Crippen molar-refractivity contribution in [3.63, 3.8) is 0 Å². The van der Waals surface area contributed by atoms with Gasteiger partial charge in [-0.05, 0) is 0 Å². The molecule has 46 valence electrons. The zero-order valence-electron chi connectivity index (χ0n) is 4.66. The highest BCUT2D eigenvalue weighted by molar-refractivity contribution is 5.73. The Labute approximate surface area is 52.9 Å². The fraction of sp³-hybridized carbons (Fsp3) is 0.333. The number of hydrogen-bond donors (Lipinski definition) is 1. The van der Waals surface area contributed by atoms with Gasteiger partial charge in [-0.2, -0.15) is 5.26 Å². The molecule has 0 heterocycles. The smallest absolute Gasteiger partial charge is 0.321 e. The van der Waals surface area contributed by atoms with Crippen LogP contribution in [0, 0.1) is 29.6 Å². The molecule has 3 nitrogen and oxygen atoms in total. The summed E-state index contributed by atoms with van der Waals surface area (Å²) >= 11 is 0. The van der Waals surface area contributed by atoms with Crippen molar-refractivity contribution >= 4 is 5.97 Å². The Balaban J connectivity index is 3.91. The summed E-state index contributed by atoms with van der Waals surface area (Å²) in [6.45, 7) is 0. The number of nitrogens with zero attached hydrogens (tertiary/aromatic N) is 1. The van der Waals surface area contributed by atoms with E-state index in [1.54, 1.807) is 6.07 Å². The van der Waals surface area contributed by atoms with E-state index >= 15 is 0 Å². The van der Waals surface area contributed by atoms with Crippen molar-refractivity contribution in [3.05, 3.63) is 0 Å². The van der Waals surface area contributed by atoms with Gasteiger partial charge in [-0.1, -0.05) is 0 Å². The first-order valence-corrected chi connectivity index (χ1v) is 2.28. The topological polar surface area (TPSA) is 61.1 Å². The monoisotopic (exact) mass is 123 g/mol. The lowest BCUT2D eigenvalue weighted by Crippen LogP contribution is -2.09. The van der Waals surface area contributed by atoms with Crippen LogP contribution in [0.25, 0.3) is 0 Å². The summed E-state index contributed by atoms with van der Waals surface area (Å²) < 4.78 is 0. The van der Waals surface area contributed by atoms with Crippen molar-refractivity contribution in [2.75, 3.05) is 0 Å². The van der Waals surface area contributed by atoms with Gasteiger partial charge in [0.2, 0.25) is 0 Å². The van der Waals surface area contributed by atoms with Crippen LogP contribution >= 0.6 is 0 Å². The summed E-state index contributed by atoms with van der Waals surface area (Å²) in [5.74, 6) is -0.107. The number of terminal acetylenes is 1. The standard InChI is InChI=1S/C6H5NO2/c1-2-3-5(4-7)6(8)9/h1,5H,3H2,(H,8,9). The SMILES string of the molecule is C#CCC(C#N)C(=O)O. The molecule has 0 aromatic carbocycles. The van der Waals surface area contributed by atoms with Crippen LogP contribution in [0.15, 0.2) is 0 Å². The maximum absolute atomic E-state index is 10.0. The first-order valence-electron chi connectivity index (χ1n) is 2.28. The Hall–Kier alpha value is -1.48. The molecular formula is C6H5NO2. The molecule has 0 saturated carbocycles. The fourth-order valence-electron chi connectivity index (χ4n) is 0.306. The van der Waals surface area contributed by atoms with E-state index in [0.717, 1.165) is 0 Å². The van der Waals surface area contributed by atoms with Crippen LogP contribution in [-0.4, -0.2) is 11.1 Å². The van der Waals surface area contributed by atoms with E-state index in [4.69, 9.17) is 16.8 Å². The van der Waals surface area contributed by atoms with Gasteiger partial charge < -0.3 is 5.11 Å². The van der Waals surface area contributed by atoms with Crippen LogP contribution in [0.3, 0.4) is 0 Å². The van der Waals surface area contributed by atoms with Gasteiger partial charge in [-0.15, -0.1) is 12.3 Å². The van der Waals surface area contributed by atoms with Gasteiger partial charge in [-0.25, -0.2) is 0 Å². The summed E-state index contributed by atoms with van der Waals surface area (Å²) in [6, 6.07) is 1.56. The third-order valence-corrected chi connectivity index (χ3v) is 0.776. The van der Waals surface area contributed by atoms with Gasteiger partial charge in [0.1, 0.15) is 0 Å². The minimum atomic E-state index is -1.16. The maximum atomic E-state index is 10.0. The third kappa shape index (κ3) is 2.36. The summed E-state index contributed by atoms with van der Waals surface area (Å²) in [6.07, 6.45) is 4.76. The molecular weight excluding hydrogens is 118 g/mol. The summed E-state index contributed by atoms with van der Waals surface area (Å²) in [4.78, 5) is 10.0. The molecule has 9 heavy (non-hydrogen) atoms. The second kappa shape index (κ2) is 3.51. The van der Waals surface area contributed by atoms with Crippen LogP contribution in [0.4, 0.5) is 0 Å². The Kier molecular flexibility index (Phi) is 2.94. The zero-order chi connectivity index (χ0) is 7.28. The van der Waals surface area contributed by atoms with Crippen molar-refractivity contribution in [1.82, 2.24) is 0 Å². The lowest BCUT2D eigenvalue weighted by Gasteiger charge is -1.93. The molecule has 0 aliphatic heterocycles.